The minimum absolute atomic E-state index is 0.0304. The lowest BCUT2D eigenvalue weighted by Gasteiger charge is -2.32. The lowest BCUT2D eigenvalue weighted by molar-refractivity contribution is -0.128. The Balaban J connectivity index is 1.28. The number of rotatable bonds is 5. The number of anilines is 1. The molecule has 2 fully saturated rings. The highest BCUT2D eigenvalue weighted by Crippen LogP contribution is 2.28. The van der Waals surface area contributed by atoms with E-state index in [0.717, 1.165) is 60.7 Å². The molecule has 3 aromatic rings. The van der Waals surface area contributed by atoms with Crippen LogP contribution in [0, 0.1) is 18.7 Å². The number of hydrogen-bond acceptors (Lipinski definition) is 6. The first-order valence-corrected chi connectivity index (χ1v) is 11.7. The van der Waals surface area contributed by atoms with Gasteiger partial charge in [0.15, 0.2) is 17.5 Å². The largest absolute Gasteiger partial charge is 0.381 e. The molecule has 5 rings (SSSR count). The fourth-order valence-electron chi connectivity index (χ4n) is 4.82. The molecule has 0 unspecified atom stereocenters. The van der Waals surface area contributed by atoms with Crippen molar-refractivity contribution in [1.29, 1.82) is 0 Å². The lowest BCUT2D eigenvalue weighted by atomic mass is 9.90. The van der Waals surface area contributed by atoms with Crippen LogP contribution in [0.5, 0.6) is 0 Å². The van der Waals surface area contributed by atoms with E-state index in [1.165, 1.54) is 6.20 Å². The zero-order valence-electron chi connectivity index (χ0n) is 18.7. The van der Waals surface area contributed by atoms with E-state index in [9.17, 15) is 9.18 Å². The van der Waals surface area contributed by atoms with E-state index >= 15 is 0 Å². The number of hydrogen-bond donors (Lipinski definition) is 3. The van der Waals surface area contributed by atoms with Gasteiger partial charge in [-0.15, -0.1) is 0 Å². The van der Waals surface area contributed by atoms with Crippen molar-refractivity contribution in [2.24, 2.45) is 5.92 Å². The van der Waals surface area contributed by atoms with Gasteiger partial charge in [0.05, 0.1) is 6.20 Å². The third-order valence-corrected chi connectivity index (χ3v) is 6.61. The van der Waals surface area contributed by atoms with Gasteiger partial charge in [-0.1, -0.05) is 0 Å². The van der Waals surface area contributed by atoms with E-state index in [2.05, 4.69) is 30.6 Å². The molecule has 1 saturated carbocycles. The second kappa shape index (κ2) is 9.43. The van der Waals surface area contributed by atoms with Crippen LogP contribution in [0.2, 0.25) is 0 Å². The molecule has 3 aromatic heterocycles. The minimum Gasteiger partial charge on any atom is -0.381 e. The Labute approximate surface area is 191 Å². The molecule has 33 heavy (non-hydrogen) atoms. The number of carbonyl (C=O) groups excluding carboxylic acids is 1. The molecule has 0 radical (unpaired) electrons. The third-order valence-electron chi connectivity index (χ3n) is 6.61. The number of amides is 1. The van der Waals surface area contributed by atoms with Gasteiger partial charge in [0.2, 0.25) is 5.91 Å². The van der Waals surface area contributed by atoms with Crippen molar-refractivity contribution in [3.63, 3.8) is 0 Å². The average molecular weight is 453 g/mol. The molecule has 2 atom stereocenters. The summed E-state index contributed by atoms with van der Waals surface area (Å²) in [5, 5.41) is 7.38. The van der Waals surface area contributed by atoms with Gasteiger partial charge in [0, 0.05) is 54.6 Å². The molecular weight excluding hydrogens is 423 g/mol. The molecule has 1 aliphatic carbocycles. The number of nitrogens with one attached hydrogen (secondary N) is 3. The Kier molecular flexibility index (Phi) is 6.22. The van der Waals surface area contributed by atoms with E-state index in [1.54, 1.807) is 12.4 Å². The first kappa shape index (κ1) is 21.8. The summed E-state index contributed by atoms with van der Waals surface area (Å²) in [6.07, 6.45) is 9.90. The summed E-state index contributed by atoms with van der Waals surface area (Å²) >= 11 is 0. The maximum Gasteiger partial charge on any atom is 0.223 e. The van der Waals surface area contributed by atoms with Crippen LogP contribution in [0.1, 0.15) is 44.1 Å². The van der Waals surface area contributed by atoms with Crippen molar-refractivity contribution >= 4 is 22.8 Å². The van der Waals surface area contributed by atoms with Crippen LogP contribution in [-0.2, 0) is 9.53 Å². The molecule has 9 heteroatoms. The highest BCUT2D eigenvalue weighted by Gasteiger charge is 2.28. The zero-order valence-corrected chi connectivity index (χ0v) is 18.7. The first-order valence-electron chi connectivity index (χ1n) is 11.7. The molecule has 4 heterocycles. The summed E-state index contributed by atoms with van der Waals surface area (Å²) in [6.45, 7) is 3.27. The Morgan fingerprint density at radius 3 is 2.82 bits per heavy atom. The molecule has 3 N–H and O–H groups in total. The number of aryl methyl sites for hydroxylation is 1. The molecule has 2 aliphatic rings. The molecule has 8 nitrogen and oxygen atoms in total. The van der Waals surface area contributed by atoms with Crippen molar-refractivity contribution in [3.8, 4) is 11.4 Å². The van der Waals surface area contributed by atoms with Crippen LogP contribution in [0.4, 0.5) is 10.2 Å². The van der Waals surface area contributed by atoms with Gasteiger partial charge in [-0.05, 0) is 57.1 Å². The van der Waals surface area contributed by atoms with Crippen molar-refractivity contribution in [2.45, 2.75) is 57.5 Å². The van der Waals surface area contributed by atoms with Crippen molar-refractivity contribution < 1.29 is 13.9 Å². The number of pyridine rings is 1. The Morgan fingerprint density at radius 1 is 1.15 bits per heavy atom. The van der Waals surface area contributed by atoms with Crippen molar-refractivity contribution in [2.75, 3.05) is 18.5 Å². The average Bonchev–Trinajstić information content (AvgIpc) is 3.24. The third kappa shape index (κ3) is 4.83. The minimum atomic E-state index is -0.485. The van der Waals surface area contributed by atoms with Gasteiger partial charge in [-0.25, -0.2) is 19.3 Å². The van der Waals surface area contributed by atoms with Crippen LogP contribution in [0.3, 0.4) is 0 Å². The zero-order chi connectivity index (χ0) is 22.8. The smallest absolute Gasteiger partial charge is 0.223 e. The number of ether oxygens (including phenoxy) is 1. The van der Waals surface area contributed by atoms with E-state index in [0.29, 0.717) is 19.0 Å². The summed E-state index contributed by atoms with van der Waals surface area (Å²) in [6, 6.07) is 2.13. The van der Waals surface area contributed by atoms with Crippen molar-refractivity contribution in [1.82, 2.24) is 25.3 Å². The maximum absolute atomic E-state index is 14.6. The predicted molar refractivity (Wildman–Crippen MR) is 123 cm³/mol. The van der Waals surface area contributed by atoms with Crippen LogP contribution >= 0.6 is 0 Å². The maximum atomic E-state index is 14.6. The van der Waals surface area contributed by atoms with Crippen LogP contribution in [0.25, 0.3) is 22.4 Å². The molecule has 0 bridgehead atoms. The van der Waals surface area contributed by atoms with Gasteiger partial charge in [0.1, 0.15) is 5.65 Å². The second-order valence-corrected chi connectivity index (χ2v) is 9.10. The number of H-pyrrole nitrogens is 1. The molecule has 0 spiro atoms. The van der Waals surface area contributed by atoms with E-state index < -0.39 is 5.82 Å². The Morgan fingerprint density at radius 2 is 1.97 bits per heavy atom. The van der Waals surface area contributed by atoms with Gasteiger partial charge in [0.25, 0.3) is 0 Å². The number of carbonyl (C=O) groups is 1. The molecule has 1 saturated heterocycles. The molecule has 0 aromatic carbocycles. The topological polar surface area (TPSA) is 105 Å². The number of fused-ring (bicyclic) bond motifs is 1. The normalized spacial score (nSPS) is 21.8. The highest BCUT2D eigenvalue weighted by molar-refractivity contribution is 5.92. The SMILES string of the molecule is Cc1cnc2[nH]cc(-c3ncc(F)c(N[C@@H]4CCC[C@H](NC(=O)C5CCOCC5)C4)n3)c2c1. The summed E-state index contributed by atoms with van der Waals surface area (Å²) in [5.41, 5.74) is 2.56. The van der Waals surface area contributed by atoms with Crippen molar-refractivity contribution in [3.05, 3.63) is 36.0 Å². The monoisotopic (exact) mass is 452 g/mol. The number of aromatic nitrogens is 4. The van der Waals surface area contributed by atoms with Gasteiger partial charge in [-0.3, -0.25) is 4.79 Å². The summed E-state index contributed by atoms with van der Waals surface area (Å²) in [4.78, 5) is 28.8. The summed E-state index contributed by atoms with van der Waals surface area (Å²) < 4.78 is 20.0. The Bertz CT molecular complexity index is 1140. The quantitative estimate of drug-likeness (QED) is 0.545. The fraction of sp³-hybridized carbons (Fsp3) is 0.500. The van der Waals surface area contributed by atoms with Crippen LogP contribution in [-0.4, -0.2) is 51.1 Å². The van der Waals surface area contributed by atoms with Gasteiger partial charge < -0.3 is 20.4 Å². The molecule has 1 aliphatic heterocycles. The lowest BCUT2D eigenvalue weighted by Crippen LogP contribution is -2.45. The number of halogens is 1. The van der Waals surface area contributed by atoms with Crippen LogP contribution in [0.15, 0.2) is 24.7 Å². The Hall–Kier alpha value is -3.07. The molecule has 174 valence electrons. The van der Waals surface area contributed by atoms with E-state index in [4.69, 9.17) is 4.74 Å². The first-order chi connectivity index (χ1) is 16.1. The summed E-state index contributed by atoms with van der Waals surface area (Å²) in [5.74, 6) is 0.293. The van der Waals surface area contributed by atoms with E-state index in [1.807, 2.05) is 13.0 Å². The van der Waals surface area contributed by atoms with Gasteiger partial charge >= 0.3 is 0 Å². The molecule has 1 amide bonds. The highest BCUT2D eigenvalue weighted by atomic mass is 19.1. The number of aromatic amines is 1. The number of nitrogens with zero attached hydrogens (tertiary/aromatic N) is 3. The van der Waals surface area contributed by atoms with Crippen LogP contribution < -0.4 is 10.6 Å². The summed E-state index contributed by atoms with van der Waals surface area (Å²) in [7, 11) is 0. The van der Waals surface area contributed by atoms with E-state index in [-0.39, 0.29) is 29.7 Å². The standard InChI is InChI=1S/C24H29FN6O2/c1-14-9-18-19(12-27-21(18)26-11-14)22-28-13-20(25)23(31-22)29-16-3-2-4-17(10-16)30-24(32)15-5-7-33-8-6-15/h9,11-13,15-17H,2-8,10H2,1H3,(H,26,27)(H,30,32)(H,28,29,31)/t16-,17+/m1/s1. The predicted octanol–water partition coefficient (Wildman–Crippen LogP) is 3.73. The van der Waals surface area contributed by atoms with Gasteiger partial charge in [-0.2, -0.15) is 0 Å². The second-order valence-electron chi connectivity index (χ2n) is 9.10. The fourth-order valence-corrected chi connectivity index (χ4v) is 4.82. The molecular formula is C24H29FN6O2.